The number of phenolic OH excluding ortho intramolecular Hbond substituents is 2. The fourth-order valence-electron chi connectivity index (χ4n) is 2.63. The van der Waals surface area contributed by atoms with Crippen LogP contribution in [0.1, 0.15) is 0 Å². The summed E-state index contributed by atoms with van der Waals surface area (Å²) in [4.78, 5) is 0. The van der Waals surface area contributed by atoms with E-state index in [4.69, 9.17) is 0 Å². The van der Waals surface area contributed by atoms with Crippen molar-refractivity contribution >= 4 is 0 Å². The maximum Gasteiger partial charge on any atom is 0.116 e. The Balaban J connectivity index is 0.000000151. The van der Waals surface area contributed by atoms with Gasteiger partial charge in [-0.3, -0.25) is 0 Å². The summed E-state index contributed by atoms with van der Waals surface area (Å²) in [5, 5.41) is 18.5. The van der Waals surface area contributed by atoms with E-state index >= 15 is 0 Å². The van der Waals surface area contributed by atoms with Crippen molar-refractivity contribution in [2.45, 2.75) is 0 Å². The van der Waals surface area contributed by atoms with Crippen molar-refractivity contribution in [1.29, 1.82) is 0 Å². The lowest BCUT2D eigenvalue weighted by molar-refractivity contribution is 0.475. The summed E-state index contributed by atoms with van der Waals surface area (Å²) in [5.41, 5.74) is 4.33. The summed E-state index contributed by atoms with van der Waals surface area (Å²) >= 11 is 0. The molecule has 0 aliphatic heterocycles. The Morgan fingerprint density at radius 2 is 0.692 bits per heavy atom. The molecule has 2 N–H and O–H groups in total. The summed E-state index contributed by atoms with van der Waals surface area (Å²) in [5.74, 6) is 0.614. The predicted octanol–water partition coefficient (Wildman–Crippen LogP) is 6.12. The van der Waals surface area contributed by atoms with Gasteiger partial charge in [0.05, 0.1) is 0 Å². The van der Waals surface area contributed by atoms with Gasteiger partial charge in [-0.1, -0.05) is 84.9 Å². The van der Waals surface area contributed by atoms with Crippen LogP contribution in [0.3, 0.4) is 0 Å². The molecular formula is C24H20O2. The number of benzene rings is 4. The van der Waals surface area contributed by atoms with Gasteiger partial charge in [-0.2, -0.15) is 0 Å². The zero-order chi connectivity index (χ0) is 18.2. The third-order valence-electron chi connectivity index (χ3n) is 3.91. The molecule has 4 aromatic carbocycles. The third kappa shape index (κ3) is 4.74. The van der Waals surface area contributed by atoms with Gasteiger partial charge >= 0.3 is 0 Å². The summed E-state index contributed by atoms with van der Waals surface area (Å²) in [6.07, 6.45) is 0. The Morgan fingerprint density at radius 1 is 0.346 bits per heavy atom. The van der Waals surface area contributed by atoms with Crippen molar-refractivity contribution < 1.29 is 10.2 Å². The molecule has 0 atom stereocenters. The summed E-state index contributed by atoms with van der Waals surface area (Å²) in [6.45, 7) is 0. The Morgan fingerprint density at radius 3 is 1.04 bits per heavy atom. The van der Waals surface area contributed by atoms with Gasteiger partial charge in [0.2, 0.25) is 0 Å². The SMILES string of the molecule is Oc1cccc(-c2ccccc2)c1.Oc1cccc(-c2ccccc2)c1. The molecule has 2 heteroatoms. The van der Waals surface area contributed by atoms with Gasteiger partial charge in [0.15, 0.2) is 0 Å². The molecule has 2 nitrogen and oxygen atoms in total. The molecule has 0 spiro atoms. The molecule has 4 rings (SSSR count). The minimum absolute atomic E-state index is 0.307. The largest absolute Gasteiger partial charge is 0.508 e. The molecule has 0 radical (unpaired) electrons. The molecule has 128 valence electrons. The van der Waals surface area contributed by atoms with Crippen LogP contribution in [0.15, 0.2) is 109 Å². The summed E-state index contributed by atoms with van der Waals surface area (Å²) in [6, 6.07) is 34.5. The van der Waals surface area contributed by atoms with Crippen molar-refractivity contribution in [3.63, 3.8) is 0 Å². The fourth-order valence-corrected chi connectivity index (χ4v) is 2.63. The first-order valence-corrected chi connectivity index (χ1v) is 8.41. The van der Waals surface area contributed by atoms with Crippen molar-refractivity contribution in [3.05, 3.63) is 109 Å². The zero-order valence-electron chi connectivity index (χ0n) is 14.3. The Bertz CT molecular complexity index is 867. The van der Waals surface area contributed by atoms with Crippen LogP contribution >= 0.6 is 0 Å². The molecular weight excluding hydrogens is 320 g/mol. The van der Waals surface area contributed by atoms with Crippen LogP contribution in [0.4, 0.5) is 0 Å². The van der Waals surface area contributed by atoms with Crippen molar-refractivity contribution in [2.24, 2.45) is 0 Å². The van der Waals surface area contributed by atoms with Gasteiger partial charge in [0.1, 0.15) is 11.5 Å². The smallest absolute Gasteiger partial charge is 0.116 e. The van der Waals surface area contributed by atoms with E-state index in [1.54, 1.807) is 24.3 Å². The van der Waals surface area contributed by atoms with E-state index in [0.717, 1.165) is 22.3 Å². The first-order valence-electron chi connectivity index (χ1n) is 8.41. The second-order valence-electron chi connectivity index (χ2n) is 5.83. The van der Waals surface area contributed by atoms with Crippen LogP contribution in [0.2, 0.25) is 0 Å². The van der Waals surface area contributed by atoms with E-state index in [1.807, 2.05) is 84.9 Å². The first-order chi connectivity index (χ1) is 12.7. The molecule has 26 heavy (non-hydrogen) atoms. The molecule has 0 aliphatic rings. The standard InChI is InChI=1S/2C12H10O/c2*13-12-8-4-7-11(9-12)10-5-2-1-3-6-10/h2*1-9,13H. The van der Waals surface area contributed by atoms with Gasteiger partial charge in [-0.05, 0) is 46.5 Å². The summed E-state index contributed by atoms with van der Waals surface area (Å²) < 4.78 is 0. The highest BCUT2D eigenvalue weighted by Gasteiger charge is 1.96. The van der Waals surface area contributed by atoms with Crippen LogP contribution in [0.5, 0.6) is 11.5 Å². The van der Waals surface area contributed by atoms with Gasteiger partial charge in [-0.25, -0.2) is 0 Å². The predicted molar refractivity (Wildman–Crippen MR) is 107 cm³/mol. The van der Waals surface area contributed by atoms with Crippen LogP contribution in [0, 0.1) is 0 Å². The fraction of sp³-hybridized carbons (Fsp3) is 0. The summed E-state index contributed by atoms with van der Waals surface area (Å²) in [7, 11) is 0. The number of hydrogen-bond acceptors (Lipinski definition) is 2. The van der Waals surface area contributed by atoms with E-state index in [0.29, 0.717) is 11.5 Å². The van der Waals surface area contributed by atoms with Crippen LogP contribution in [0.25, 0.3) is 22.3 Å². The van der Waals surface area contributed by atoms with Gasteiger partial charge < -0.3 is 10.2 Å². The Kier molecular flexibility index (Phi) is 5.69. The lowest BCUT2D eigenvalue weighted by atomic mass is 10.1. The molecule has 0 bridgehead atoms. The van der Waals surface area contributed by atoms with Crippen molar-refractivity contribution in [2.75, 3.05) is 0 Å². The lowest BCUT2D eigenvalue weighted by Crippen LogP contribution is -1.75. The molecule has 0 unspecified atom stereocenters. The first kappa shape index (κ1) is 17.3. The molecule has 4 aromatic rings. The quantitative estimate of drug-likeness (QED) is 0.461. The second-order valence-corrected chi connectivity index (χ2v) is 5.83. The number of hydrogen-bond donors (Lipinski definition) is 2. The van der Waals surface area contributed by atoms with Crippen molar-refractivity contribution in [3.8, 4) is 33.8 Å². The monoisotopic (exact) mass is 340 g/mol. The van der Waals surface area contributed by atoms with Crippen LogP contribution < -0.4 is 0 Å². The third-order valence-corrected chi connectivity index (χ3v) is 3.91. The lowest BCUT2D eigenvalue weighted by Gasteiger charge is -2.00. The van der Waals surface area contributed by atoms with E-state index in [1.165, 1.54) is 0 Å². The molecule has 0 aliphatic carbocycles. The molecule has 0 saturated heterocycles. The number of phenols is 2. The van der Waals surface area contributed by atoms with Gasteiger partial charge in [0.25, 0.3) is 0 Å². The average Bonchev–Trinajstić information content (AvgIpc) is 2.70. The maximum absolute atomic E-state index is 9.27. The zero-order valence-corrected chi connectivity index (χ0v) is 14.3. The van der Waals surface area contributed by atoms with Crippen molar-refractivity contribution in [1.82, 2.24) is 0 Å². The van der Waals surface area contributed by atoms with Crippen LogP contribution in [-0.2, 0) is 0 Å². The molecule has 0 heterocycles. The van der Waals surface area contributed by atoms with Gasteiger partial charge in [0, 0.05) is 0 Å². The van der Waals surface area contributed by atoms with E-state index < -0.39 is 0 Å². The minimum Gasteiger partial charge on any atom is -0.508 e. The Labute approximate surface area is 153 Å². The van der Waals surface area contributed by atoms with Crippen LogP contribution in [-0.4, -0.2) is 10.2 Å². The average molecular weight is 340 g/mol. The Hall–Kier alpha value is -3.52. The molecule has 0 aromatic heterocycles. The molecule has 0 fully saturated rings. The van der Waals surface area contributed by atoms with E-state index in [2.05, 4.69) is 0 Å². The minimum atomic E-state index is 0.307. The highest BCUT2D eigenvalue weighted by atomic mass is 16.3. The normalized spacial score (nSPS) is 9.85. The topological polar surface area (TPSA) is 40.5 Å². The highest BCUT2D eigenvalue weighted by Crippen LogP contribution is 2.23. The molecule has 0 saturated carbocycles. The van der Waals surface area contributed by atoms with Gasteiger partial charge in [-0.15, -0.1) is 0 Å². The number of rotatable bonds is 2. The highest BCUT2D eigenvalue weighted by molar-refractivity contribution is 5.65. The maximum atomic E-state index is 9.27. The second kappa shape index (κ2) is 8.54. The molecule has 0 amide bonds. The van der Waals surface area contributed by atoms with E-state index in [-0.39, 0.29) is 0 Å². The number of aromatic hydroxyl groups is 2. The van der Waals surface area contributed by atoms with E-state index in [9.17, 15) is 10.2 Å².